The van der Waals surface area contributed by atoms with Crippen LogP contribution >= 0.6 is 15.9 Å². The maximum atomic E-state index is 5.95. The fourth-order valence-corrected chi connectivity index (χ4v) is 3.44. The summed E-state index contributed by atoms with van der Waals surface area (Å²) < 4.78 is 7.08. The first-order valence-corrected chi connectivity index (χ1v) is 8.41. The van der Waals surface area contributed by atoms with Crippen LogP contribution in [-0.2, 0) is 4.74 Å². The van der Waals surface area contributed by atoms with Crippen molar-refractivity contribution < 1.29 is 4.74 Å². The van der Waals surface area contributed by atoms with E-state index in [1.54, 1.807) is 0 Å². The molecule has 1 aromatic rings. The molecule has 2 aliphatic heterocycles. The van der Waals surface area contributed by atoms with Crippen LogP contribution in [0.1, 0.15) is 24.5 Å². The predicted molar refractivity (Wildman–Crippen MR) is 84.9 cm³/mol. The van der Waals surface area contributed by atoms with Crippen molar-refractivity contribution in [2.24, 2.45) is 5.92 Å². The highest BCUT2D eigenvalue weighted by Crippen LogP contribution is 2.25. The summed E-state index contributed by atoms with van der Waals surface area (Å²) in [5, 5.41) is 3.44. The molecule has 2 aliphatic rings. The van der Waals surface area contributed by atoms with Crippen molar-refractivity contribution >= 4 is 15.9 Å². The van der Waals surface area contributed by atoms with Gasteiger partial charge in [0.15, 0.2) is 0 Å². The van der Waals surface area contributed by atoms with Gasteiger partial charge in [-0.25, -0.2) is 0 Å². The van der Waals surface area contributed by atoms with Crippen LogP contribution in [0.3, 0.4) is 0 Å². The highest BCUT2D eigenvalue weighted by atomic mass is 79.9. The molecular formula is C16H23BrN2O. The smallest absolute Gasteiger partial charge is 0.0952 e. The molecule has 0 bridgehead atoms. The molecule has 4 heteroatoms. The number of morpholine rings is 1. The molecule has 2 fully saturated rings. The van der Waals surface area contributed by atoms with E-state index in [2.05, 4.69) is 50.4 Å². The SMILES string of the molecule is Brc1ccc(C2CN(CC3CCNCC3)CCO2)cc1. The lowest BCUT2D eigenvalue weighted by molar-refractivity contribution is -0.0356. The number of hydrogen-bond donors (Lipinski definition) is 1. The second-order valence-electron chi connectivity index (χ2n) is 5.86. The third-order valence-corrected chi connectivity index (χ3v) is 4.90. The van der Waals surface area contributed by atoms with Crippen LogP contribution in [0.25, 0.3) is 0 Å². The van der Waals surface area contributed by atoms with Gasteiger partial charge in [-0.3, -0.25) is 4.90 Å². The lowest BCUT2D eigenvalue weighted by Gasteiger charge is -2.36. The van der Waals surface area contributed by atoms with E-state index in [1.807, 2.05) is 0 Å². The fourth-order valence-electron chi connectivity index (χ4n) is 3.18. The van der Waals surface area contributed by atoms with E-state index in [0.717, 1.165) is 30.1 Å². The van der Waals surface area contributed by atoms with Crippen LogP contribution in [0, 0.1) is 5.92 Å². The van der Waals surface area contributed by atoms with Gasteiger partial charge in [0.25, 0.3) is 0 Å². The number of hydrogen-bond acceptors (Lipinski definition) is 3. The number of ether oxygens (including phenoxy) is 1. The number of benzene rings is 1. The first kappa shape index (κ1) is 14.5. The van der Waals surface area contributed by atoms with Crippen LogP contribution in [0.4, 0.5) is 0 Å². The van der Waals surface area contributed by atoms with E-state index >= 15 is 0 Å². The number of rotatable bonds is 3. The van der Waals surface area contributed by atoms with Crippen LogP contribution in [0.5, 0.6) is 0 Å². The molecule has 20 heavy (non-hydrogen) atoms. The van der Waals surface area contributed by atoms with Gasteiger partial charge in [-0.15, -0.1) is 0 Å². The van der Waals surface area contributed by atoms with Gasteiger partial charge in [-0.1, -0.05) is 28.1 Å². The van der Waals surface area contributed by atoms with Crippen molar-refractivity contribution in [2.45, 2.75) is 18.9 Å². The number of piperidine rings is 1. The lowest BCUT2D eigenvalue weighted by atomic mass is 9.97. The van der Waals surface area contributed by atoms with Gasteiger partial charge in [-0.05, 0) is 49.5 Å². The fraction of sp³-hybridized carbons (Fsp3) is 0.625. The second kappa shape index (κ2) is 7.03. The Kier molecular flexibility index (Phi) is 5.10. The standard InChI is InChI=1S/C16H23BrN2O/c17-15-3-1-14(2-4-15)16-12-19(9-10-20-16)11-13-5-7-18-8-6-13/h1-4,13,16,18H,5-12H2. The van der Waals surface area contributed by atoms with E-state index in [9.17, 15) is 0 Å². The summed E-state index contributed by atoms with van der Waals surface area (Å²) in [6.07, 6.45) is 2.87. The Bertz CT molecular complexity index is 417. The largest absolute Gasteiger partial charge is 0.371 e. The second-order valence-corrected chi connectivity index (χ2v) is 6.78. The van der Waals surface area contributed by atoms with E-state index in [1.165, 1.54) is 38.0 Å². The Hall–Kier alpha value is -0.420. The summed E-state index contributed by atoms with van der Waals surface area (Å²) in [5.41, 5.74) is 1.29. The molecule has 1 N–H and O–H groups in total. The molecule has 110 valence electrons. The highest BCUT2D eigenvalue weighted by molar-refractivity contribution is 9.10. The number of nitrogens with one attached hydrogen (secondary N) is 1. The molecule has 2 heterocycles. The van der Waals surface area contributed by atoms with E-state index in [4.69, 9.17) is 4.74 Å². The Balaban J connectivity index is 1.57. The number of halogens is 1. The molecule has 1 aromatic carbocycles. The summed E-state index contributed by atoms with van der Waals surface area (Å²) in [6, 6.07) is 8.54. The minimum absolute atomic E-state index is 0.235. The van der Waals surface area contributed by atoms with E-state index < -0.39 is 0 Å². The molecule has 0 radical (unpaired) electrons. The molecule has 0 spiro atoms. The zero-order chi connectivity index (χ0) is 13.8. The summed E-state index contributed by atoms with van der Waals surface area (Å²) >= 11 is 3.49. The average molecular weight is 339 g/mol. The molecule has 0 amide bonds. The molecular weight excluding hydrogens is 316 g/mol. The maximum absolute atomic E-state index is 5.95. The molecule has 1 atom stereocenters. The minimum atomic E-state index is 0.235. The van der Waals surface area contributed by atoms with Crippen molar-refractivity contribution in [3.05, 3.63) is 34.3 Å². The van der Waals surface area contributed by atoms with Crippen molar-refractivity contribution in [1.29, 1.82) is 0 Å². The van der Waals surface area contributed by atoms with Gasteiger partial charge >= 0.3 is 0 Å². The monoisotopic (exact) mass is 338 g/mol. The lowest BCUT2D eigenvalue weighted by Crippen LogP contribution is -2.43. The highest BCUT2D eigenvalue weighted by Gasteiger charge is 2.24. The van der Waals surface area contributed by atoms with Crippen LogP contribution in [0.15, 0.2) is 28.7 Å². The molecule has 2 saturated heterocycles. The van der Waals surface area contributed by atoms with Gasteiger partial charge in [0.2, 0.25) is 0 Å². The Morgan fingerprint density at radius 3 is 2.70 bits per heavy atom. The topological polar surface area (TPSA) is 24.5 Å². The predicted octanol–water partition coefficient (Wildman–Crippen LogP) is 2.82. The van der Waals surface area contributed by atoms with Crippen molar-refractivity contribution in [3.63, 3.8) is 0 Å². The maximum Gasteiger partial charge on any atom is 0.0952 e. The van der Waals surface area contributed by atoms with Crippen LogP contribution < -0.4 is 5.32 Å². The van der Waals surface area contributed by atoms with Gasteiger partial charge in [0.05, 0.1) is 12.7 Å². The van der Waals surface area contributed by atoms with Crippen molar-refractivity contribution in [1.82, 2.24) is 10.2 Å². The molecule has 0 aliphatic carbocycles. The van der Waals surface area contributed by atoms with Crippen molar-refractivity contribution in [3.8, 4) is 0 Å². The van der Waals surface area contributed by atoms with Gasteiger partial charge in [-0.2, -0.15) is 0 Å². The van der Waals surface area contributed by atoms with E-state index in [0.29, 0.717) is 0 Å². The summed E-state index contributed by atoms with van der Waals surface area (Å²) in [4.78, 5) is 2.59. The van der Waals surface area contributed by atoms with Crippen LogP contribution in [-0.4, -0.2) is 44.2 Å². The summed E-state index contributed by atoms with van der Waals surface area (Å²) in [7, 11) is 0. The zero-order valence-electron chi connectivity index (χ0n) is 11.9. The summed E-state index contributed by atoms with van der Waals surface area (Å²) in [5.74, 6) is 0.861. The first-order chi connectivity index (χ1) is 9.81. The molecule has 1 unspecified atom stereocenters. The molecule has 3 rings (SSSR count). The summed E-state index contributed by atoms with van der Waals surface area (Å²) in [6.45, 7) is 6.57. The average Bonchev–Trinajstić information content (AvgIpc) is 2.49. The van der Waals surface area contributed by atoms with Gasteiger partial charge in [0, 0.05) is 24.1 Å². The van der Waals surface area contributed by atoms with E-state index in [-0.39, 0.29) is 6.10 Å². The number of nitrogens with zero attached hydrogens (tertiary/aromatic N) is 1. The van der Waals surface area contributed by atoms with Gasteiger partial charge in [0.1, 0.15) is 0 Å². The van der Waals surface area contributed by atoms with Gasteiger partial charge < -0.3 is 10.1 Å². The molecule has 0 saturated carbocycles. The normalized spacial score (nSPS) is 25.8. The van der Waals surface area contributed by atoms with Crippen molar-refractivity contribution in [2.75, 3.05) is 39.3 Å². The third-order valence-electron chi connectivity index (χ3n) is 4.37. The molecule has 3 nitrogen and oxygen atoms in total. The first-order valence-electron chi connectivity index (χ1n) is 7.61. The van der Waals surface area contributed by atoms with Crippen LogP contribution in [0.2, 0.25) is 0 Å². The Labute approximate surface area is 129 Å². The Morgan fingerprint density at radius 2 is 1.95 bits per heavy atom. The third kappa shape index (κ3) is 3.82. The zero-order valence-corrected chi connectivity index (χ0v) is 13.4. The Morgan fingerprint density at radius 1 is 1.20 bits per heavy atom. The quantitative estimate of drug-likeness (QED) is 0.917. The minimum Gasteiger partial charge on any atom is -0.371 e. The molecule has 0 aromatic heterocycles.